The summed E-state index contributed by atoms with van der Waals surface area (Å²) >= 11 is 12.1. The van der Waals surface area contributed by atoms with Gasteiger partial charge in [-0.3, -0.25) is 4.79 Å². The van der Waals surface area contributed by atoms with Crippen LogP contribution in [0.3, 0.4) is 0 Å². The molecule has 5 nitrogen and oxygen atoms in total. The number of rotatable bonds is 4. The molecule has 0 atom stereocenters. The van der Waals surface area contributed by atoms with Crippen LogP contribution in [0.1, 0.15) is 16.1 Å². The molecule has 0 aliphatic heterocycles. The first-order valence-corrected chi connectivity index (χ1v) is 9.38. The average Bonchev–Trinajstić information content (AvgIpc) is 3.19. The van der Waals surface area contributed by atoms with Gasteiger partial charge in [-0.05, 0) is 47.2 Å². The SMILES string of the molecule is O=C(N/N=C\c1c(O)ccc2ccccc12)c1ccc(-c2ccc(Cl)cc2Cl)o1. The molecule has 3 aromatic carbocycles. The lowest BCUT2D eigenvalue weighted by atomic mass is 10.0. The molecule has 0 fully saturated rings. The number of carbonyl (C=O) groups is 1. The van der Waals surface area contributed by atoms with E-state index in [-0.39, 0.29) is 11.5 Å². The topological polar surface area (TPSA) is 74.8 Å². The van der Waals surface area contributed by atoms with E-state index in [0.717, 1.165) is 10.8 Å². The van der Waals surface area contributed by atoms with Crippen molar-refractivity contribution in [3.05, 3.63) is 88.1 Å². The highest BCUT2D eigenvalue weighted by Gasteiger charge is 2.14. The van der Waals surface area contributed by atoms with Crippen LogP contribution in [0.25, 0.3) is 22.1 Å². The molecule has 1 amide bonds. The molecule has 0 aliphatic carbocycles. The second-order valence-corrected chi connectivity index (χ2v) is 7.05. The van der Waals surface area contributed by atoms with Crippen LogP contribution < -0.4 is 5.43 Å². The Morgan fingerprint density at radius 3 is 2.69 bits per heavy atom. The number of amides is 1. The van der Waals surface area contributed by atoms with E-state index in [1.54, 1.807) is 30.3 Å². The molecule has 0 radical (unpaired) electrons. The Hall–Kier alpha value is -3.28. The van der Waals surface area contributed by atoms with Crippen LogP contribution >= 0.6 is 23.2 Å². The first-order chi connectivity index (χ1) is 14.0. The quantitative estimate of drug-likeness (QED) is 0.317. The minimum Gasteiger partial charge on any atom is -0.507 e. The van der Waals surface area contributed by atoms with E-state index in [9.17, 15) is 9.90 Å². The fourth-order valence-electron chi connectivity index (χ4n) is 2.92. The number of halogens is 2. The number of hydrogen-bond donors (Lipinski definition) is 2. The summed E-state index contributed by atoms with van der Waals surface area (Å²) < 4.78 is 5.59. The van der Waals surface area contributed by atoms with Gasteiger partial charge in [-0.2, -0.15) is 5.10 Å². The standard InChI is InChI=1S/C22H14Cl2N2O3/c23-14-6-7-16(18(24)11-14)20-9-10-21(29-20)22(28)26-25-12-17-15-4-2-1-3-13(15)5-8-19(17)27/h1-12,27H,(H,26,28)/b25-12-. The second-order valence-electron chi connectivity index (χ2n) is 6.21. The fraction of sp³-hybridized carbons (Fsp3) is 0. The van der Waals surface area contributed by atoms with E-state index in [2.05, 4.69) is 10.5 Å². The number of benzene rings is 3. The molecule has 0 saturated carbocycles. The van der Waals surface area contributed by atoms with Crippen LogP contribution in [0.5, 0.6) is 5.75 Å². The molecule has 1 aromatic heterocycles. The van der Waals surface area contributed by atoms with Gasteiger partial charge in [0.25, 0.3) is 0 Å². The molecule has 0 saturated heterocycles. The summed E-state index contributed by atoms with van der Waals surface area (Å²) in [6.45, 7) is 0. The second kappa shape index (κ2) is 7.99. The highest BCUT2D eigenvalue weighted by molar-refractivity contribution is 6.36. The molecule has 1 heterocycles. The number of furan rings is 1. The van der Waals surface area contributed by atoms with Crippen molar-refractivity contribution in [3.63, 3.8) is 0 Å². The Balaban J connectivity index is 1.53. The highest BCUT2D eigenvalue weighted by Crippen LogP contribution is 2.31. The minimum atomic E-state index is -0.530. The van der Waals surface area contributed by atoms with Gasteiger partial charge in [0.2, 0.25) is 0 Å². The zero-order valence-corrected chi connectivity index (χ0v) is 16.4. The Bertz CT molecular complexity index is 1250. The van der Waals surface area contributed by atoms with E-state index in [0.29, 0.717) is 26.9 Å². The van der Waals surface area contributed by atoms with Crippen LogP contribution in [-0.4, -0.2) is 17.2 Å². The van der Waals surface area contributed by atoms with Crippen LogP contribution in [0.4, 0.5) is 0 Å². The molecular formula is C22H14Cl2N2O3. The van der Waals surface area contributed by atoms with Gasteiger partial charge in [-0.1, -0.05) is 53.5 Å². The summed E-state index contributed by atoms with van der Waals surface area (Å²) in [6.07, 6.45) is 1.40. The maximum absolute atomic E-state index is 12.3. The molecule has 0 aliphatic rings. The number of phenolic OH excluding ortho intramolecular Hbond substituents is 1. The van der Waals surface area contributed by atoms with Crippen LogP contribution in [0.2, 0.25) is 10.0 Å². The van der Waals surface area contributed by atoms with Crippen molar-refractivity contribution < 1.29 is 14.3 Å². The first-order valence-electron chi connectivity index (χ1n) is 8.62. The third-order valence-corrected chi connectivity index (χ3v) is 4.88. The van der Waals surface area contributed by atoms with Gasteiger partial charge in [-0.15, -0.1) is 0 Å². The van der Waals surface area contributed by atoms with Crippen molar-refractivity contribution in [2.24, 2.45) is 5.10 Å². The van der Waals surface area contributed by atoms with Crippen LogP contribution in [0, 0.1) is 0 Å². The zero-order valence-electron chi connectivity index (χ0n) is 14.9. The van der Waals surface area contributed by atoms with E-state index in [1.165, 1.54) is 12.3 Å². The lowest BCUT2D eigenvalue weighted by molar-refractivity contribution is 0.0928. The number of fused-ring (bicyclic) bond motifs is 1. The number of nitrogens with one attached hydrogen (secondary N) is 1. The van der Waals surface area contributed by atoms with E-state index in [4.69, 9.17) is 27.6 Å². The third kappa shape index (κ3) is 3.97. The highest BCUT2D eigenvalue weighted by atomic mass is 35.5. The molecule has 4 rings (SSSR count). The number of hydrazone groups is 1. The number of hydrogen-bond acceptors (Lipinski definition) is 4. The summed E-state index contributed by atoms with van der Waals surface area (Å²) in [6, 6.07) is 19.1. The summed E-state index contributed by atoms with van der Waals surface area (Å²) in [5.74, 6) is 0.0504. The Labute approximate surface area is 176 Å². The van der Waals surface area contributed by atoms with Gasteiger partial charge >= 0.3 is 5.91 Å². The number of carbonyl (C=O) groups excluding carboxylic acids is 1. The molecule has 0 spiro atoms. The van der Waals surface area contributed by atoms with E-state index in [1.807, 2.05) is 30.3 Å². The molecule has 0 bridgehead atoms. The summed E-state index contributed by atoms with van der Waals surface area (Å²) in [5.41, 5.74) is 3.53. The number of aromatic hydroxyl groups is 1. The van der Waals surface area contributed by atoms with Gasteiger partial charge in [0.15, 0.2) is 5.76 Å². The Morgan fingerprint density at radius 2 is 1.86 bits per heavy atom. The van der Waals surface area contributed by atoms with Gasteiger partial charge in [0, 0.05) is 16.1 Å². The van der Waals surface area contributed by atoms with E-state index >= 15 is 0 Å². The predicted molar refractivity (Wildman–Crippen MR) is 115 cm³/mol. The lowest BCUT2D eigenvalue weighted by Crippen LogP contribution is -2.16. The average molecular weight is 425 g/mol. The number of nitrogens with zero attached hydrogens (tertiary/aromatic N) is 1. The normalized spacial score (nSPS) is 11.2. The van der Waals surface area contributed by atoms with Crippen molar-refractivity contribution in [1.82, 2.24) is 5.43 Å². The molecule has 29 heavy (non-hydrogen) atoms. The monoisotopic (exact) mass is 424 g/mol. The van der Waals surface area contributed by atoms with Gasteiger partial charge in [0.1, 0.15) is 11.5 Å². The minimum absolute atomic E-state index is 0.0689. The lowest BCUT2D eigenvalue weighted by Gasteiger charge is -2.04. The Morgan fingerprint density at radius 1 is 1.03 bits per heavy atom. The predicted octanol–water partition coefficient (Wildman–Crippen LogP) is 5.88. The van der Waals surface area contributed by atoms with Crippen molar-refractivity contribution in [2.45, 2.75) is 0 Å². The third-order valence-electron chi connectivity index (χ3n) is 4.33. The summed E-state index contributed by atoms with van der Waals surface area (Å²) in [4.78, 5) is 12.3. The zero-order chi connectivity index (χ0) is 20.4. The van der Waals surface area contributed by atoms with Crippen LogP contribution in [-0.2, 0) is 0 Å². The van der Waals surface area contributed by atoms with Crippen molar-refractivity contribution in [2.75, 3.05) is 0 Å². The maximum atomic E-state index is 12.3. The van der Waals surface area contributed by atoms with Gasteiger partial charge in [-0.25, -0.2) is 5.43 Å². The van der Waals surface area contributed by atoms with E-state index < -0.39 is 5.91 Å². The Kier molecular flexibility index (Phi) is 5.25. The number of phenols is 1. The largest absolute Gasteiger partial charge is 0.507 e. The molecule has 0 unspecified atom stereocenters. The fourth-order valence-corrected chi connectivity index (χ4v) is 3.43. The summed E-state index contributed by atoms with van der Waals surface area (Å²) in [5, 5.41) is 16.8. The van der Waals surface area contributed by atoms with Gasteiger partial charge in [0.05, 0.1) is 11.2 Å². The molecule has 2 N–H and O–H groups in total. The molecule has 4 aromatic rings. The smallest absolute Gasteiger partial charge is 0.307 e. The molecule has 7 heteroatoms. The summed E-state index contributed by atoms with van der Waals surface area (Å²) in [7, 11) is 0. The van der Waals surface area contributed by atoms with Gasteiger partial charge < -0.3 is 9.52 Å². The van der Waals surface area contributed by atoms with Crippen LogP contribution in [0.15, 0.2) is 76.2 Å². The molecule has 144 valence electrons. The maximum Gasteiger partial charge on any atom is 0.307 e. The van der Waals surface area contributed by atoms with Crippen molar-refractivity contribution in [1.29, 1.82) is 0 Å². The van der Waals surface area contributed by atoms with Crippen molar-refractivity contribution in [3.8, 4) is 17.1 Å². The van der Waals surface area contributed by atoms with Crippen molar-refractivity contribution >= 4 is 46.1 Å². The molecular weight excluding hydrogens is 411 g/mol. The first kappa shape index (κ1) is 19.1.